The lowest BCUT2D eigenvalue weighted by Crippen LogP contribution is -1.87. The second kappa shape index (κ2) is 9.14. The smallest absolute Gasteiger partial charge is 0.145 e. The molecule has 0 aliphatic carbocycles. The summed E-state index contributed by atoms with van der Waals surface area (Å²) in [6.45, 7) is 9.96. The van der Waals surface area contributed by atoms with Gasteiger partial charge >= 0.3 is 0 Å². The first-order chi connectivity index (χ1) is 7.60. The van der Waals surface area contributed by atoms with Crippen LogP contribution in [0.25, 0.3) is 0 Å². The van der Waals surface area contributed by atoms with E-state index in [4.69, 9.17) is 0 Å². The van der Waals surface area contributed by atoms with E-state index in [-0.39, 0.29) is 0 Å². The van der Waals surface area contributed by atoms with Crippen molar-refractivity contribution in [3.05, 3.63) is 36.0 Å². The molecule has 0 rings (SSSR count). The molecule has 1 unspecified atom stereocenters. The summed E-state index contributed by atoms with van der Waals surface area (Å²) in [6.07, 6.45) is 11.5. The number of aldehydes is 1. The van der Waals surface area contributed by atoms with Crippen LogP contribution in [0.2, 0.25) is 0 Å². The van der Waals surface area contributed by atoms with Gasteiger partial charge in [0.15, 0.2) is 0 Å². The highest BCUT2D eigenvalue weighted by molar-refractivity contribution is 5.71. The van der Waals surface area contributed by atoms with Gasteiger partial charge in [-0.05, 0) is 51.0 Å². The van der Waals surface area contributed by atoms with Gasteiger partial charge in [-0.15, -0.1) is 6.58 Å². The van der Waals surface area contributed by atoms with Crippen molar-refractivity contribution < 1.29 is 4.79 Å². The third-order valence-corrected chi connectivity index (χ3v) is 2.71. The second-order valence-electron chi connectivity index (χ2n) is 4.45. The summed E-state index contributed by atoms with van der Waals surface area (Å²) in [5, 5.41) is 0. The summed E-state index contributed by atoms with van der Waals surface area (Å²) >= 11 is 0. The summed E-state index contributed by atoms with van der Waals surface area (Å²) in [4.78, 5) is 10.4. The molecule has 90 valence electrons. The summed E-state index contributed by atoms with van der Waals surface area (Å²) in [7, 11) is 0. The van der Waals surface area contributed by atoms with E-state index in [0.717, 1.165) is 31.1 Å². The normalized spacial score (nSPS) is 14.7. The average Bonchev–Trinajstić information content (AvgIpc) is 2.28. The van der Waals surface area contributed by atoms with Crippen LogP contribution in [-0.2, 0) is 4.79 Å². The number of hydrogen-bond acceptors (Lipinski definition) is 1. The van der Waals surface area contributed by atoms with E-state index in [2.05, 4.69) is 26.5 Å². The van der Waals surface area contributed by atoms with E-state index in [1.54, 1.807) is 0 Å². The Bertz CT molecular complexity index is 271. The van der Waals surface area contributed by atoms with Gasteiger partial charge < -0.3 is 0 Å². The van der Waals surface area contributed by atoms with Crippen molar-refractivity contribution >= 4 is 6.29 Å². The van der Waals surface area contributed by atoms with Gasteiger partial charge in [-0.25, -0.2) is 0 Å². The van der Waals surface area contributed by atoms with Gasteiger partial charge in [-0.1, -0.05) is 30.7 Å². The molecular weight excluding hydrogens is 196 g/mol. The molecule has 0 N–H and O–H groups in total. The van der Waals surface area contributed by atoms with Gasteiger partial charge in [0.2, 0.25) is 0 Å². The fourth-order valence-electron chi connectivity index (χ4n) is 1.39. The monoisotopic (exact) mass is 220 g/mol. The Morgan fingerprint density at radius 3 is 2.50 bits per heavy atom. The Kier molecular flexibility index (Phi) is 8.51. The standard InChI is InChI=1S/C15H24O/c1-5-13(2)8-6-9-14(3)10-7-11-15(4)12-16/h5,9,11-13H,1,6-8,10H2,2-4H3/b14-9+,15-11-. The number of allylic oxidation sites excluding steroid dienone is 5. The first kappa shape index (κ1) is 14.9. The van der Waals surface area contributed by atoms with E-state index >= 15 is 0 Å². The highest BCUT2D eigenvalue weighted by Crippen LogP contribution is 2.11. The maximum absolute atomic E-state index is 10.4. The largest absolute Gasteiger partial charge is 0.298 e. The molecule has 0 radical (unpaired) electrons. The number of carbonyl (C=O) groups is 1. The molecule has 0 spiro atoms. The fraction of sp³-hybridized carbons (Fsp3) is 0.533. The molecule has 0 amide bonds. The Morgan fingerprint density at radius 2 is 1.94 bits per heavy atom. The van der Waals surface area contributed by atoms with E-state index in [1.165, 1.54) is 12.0 Å². The van der Waals surface area contributed by atoms with Crippen molar-refractivity contribution in [3.63, 3.8) is 0 Å². The van der Waals surface area contributed by atoms with Crippen LogP contribution in [0.1, 0.15) is 46.5 Å². The molecule has 0 heterocycles. The molecule has 0 aliphatic rings. The van der Waals surface area contributed by atoms with Gasteiger partial charge in [-0.3, -0.25) is 4.79 Å². The van der Waals surface area contributed by atoms with E-state index in [9.17, 15) is 4.79 Å². The van der Waals surface area contributed by atoms with Crippen LogP contribution in [0.3, 0.4) is 0 Å². The summed E-state index contributed by atoms with van der Waals surface area (Å²) < 4.78 is 0. The molecule has 16 heavy (non-hydrogen) atoms. The lowest BCUT2D eigenvalue weighted by Gasteiger charge is -2.03. The van der Waals surface area contributed by atoms with Crippen LogP contribution in [0.15, 0.2) is 36.0 Å². The maximum Gasteiger partial charge on any atom is 0.145 e. The van der Waals surface area contributed by atoms with E-state index in [0.29, 0.717) is 5.92 Å². The average molecular weight is 220 g/mol. The molecule has 0 aromatic rings. The zero-order valence-corrected chi connectivity index (χ0v) is 10.8. The Hall–Kier alpha value is -1.11. The zero-order valence-electron chi connectivity index (χ0n) is 10.8. The van der Waals surface area contributed by atoms with Crippen LogP contribution >= 0.6 is 0 Å². The Balaban J connectivity index is 3.79. The Morgan fingerprint density at radius 1 is 1.25 bits per heavy atom. The molecule has 0 aromatic carbocycles. The second-order valence-corrected chi connectivity index (χ2v) is 4.45. The third kappa shape index (κ3) is 8.22. The van der Waals surface area contributed by atoms with Crippen molar-refractivity contribution in [2.75, 3.05) is 0 Å². The number of carbonyl (C=O) groups excluding carboxylic acids is 1. The molecule has 0 bridgehead atoms. The highest BCUT2D eigenvalue weighted by Gasteiger charge is 1.94. The minimum absolute atomic E-state index is 0.598. The quantitative estimate of drug-likeness (QED) is 0.335. The van der Waals surface area contributed by atoms with E-state index < -0.39 is 0 Å². The van der Waals surface area contributed by atoms with Crippen molar-refractivity contribution in [1.82, 2.24) is 0 Å². The molecule has 1 atom stereocenters. The maximum atomic E-state index is 10.4. The first-order valence-corrected chi connectivity index (χ1v) is 6.00. The van der Waals surface area contributed by atoms with Gasteiger partial charge in [0, 0.05) is 0 Å². The molecule has 0 fully saturated rings. The van der Waals surface area contributed by atoms with Gasteiger partial charge in [0.05, 0.1) is 0 Å². The predicted octanol–water partition coefficient (Wildman–Crippen LogP) is 4.46. The molecule has 1 heteroatoms. The lowest BCUT2D eigenvalue weighted by molar-refractivity contribution is -0.104. The van der Waals surface area contributed by atoms with Crippen LogP contribution in [0, 0.1) is 5.92 Å². The molecule has 0 aliphatic heterocycles. The first-order valence-electron chi connectivity index (χ1n) is 6.00. The van der Waals surface area contributed by atoms with Crippen LogP contribution in [-0.4, -0.2) is 6.29 Å². The van der Waals surface area contributed by atoms with Gasteiger partial charge in [-0.2, -0.15) is 0 Å². The van der Waals surface area contributed by atoms with Crippen LogP contribution in [0.4, 0.5) is 0 Å². The van der Waals surface area contributed by atoms with Gasteiger partial charge in [0.25, 0.3) is 0 Å². The third-order valence-electron chi connectivity index (χ3n) is 2.71. The molecule has 1 nitrogen and oxygen atoms in total. The molecule has 0 saturated carbocycles. The number of rotatable bonds is 8. The molecular formula is C15H24O. The summed E-state index contributed by atoms with van der Waals surface area (Å²) in [5.41, 5.74) is 2.24. The SMILES string of the molecule is C=CC(C)CC/C=C(\C)CC/C=C(/C)C=O. The highest BCUT2D eigenvalue weighted by atomic mass is 16.1. The zero-order chi connectivity index (χ0) is 12.4. The molecule has 0 aromatic heterocycles. The minimum atomic E-state index is 0.598. The van der Waals surface area contributed by atoms with Crippen molar-refractivity contribution in [3.8, 4) is 0 Å². The van der Waals surface area contributed by atoms with Crippen LogP contribution < -0.4 is 0 Å². The summed E-state index contributed by atoms with van der Waals surface area (Å²) in [5.74, 6) is 0.598. The van der Waals surface area contributed by atoms with Crippen LogP contribution in [0.5, 0.6) is 0 Å². The topological polar surface area (TPSA) is 17.1 Å². The van der Waals surface area contributed by atoms with Crippen molar-refractivity contribution in [1.29, 1.82) is 0 Å². The van der Waals surface area contributed by atoms with E-state index in [1.807, 2.05) is 19.1 Å². The summed E-state index contributed by atoms with van der Waals surface area (Å²) in [6, 6.07) is 0. The van der Waals surface area contributed by atoms with Crippen molar-refractivity contribution in [2.24, 2.45) is 5.92 Å². The lowest BCUT2D eigenvalue weighted by atomic mass is 10.0. The minimum Gasteiger partial charge on any atom is -0.298 e. The van der Waals surface area contributed by atoms with Gasteiger partial charge in [0.1, 0.15) is 6.29 Å². The Labute approximate surface area is 99.9 Å². The fourth-order valence-corrected chi connectivity index (χ4v) is 1.39. The van der Waals surface area contributed by atoms with Crippen molar-refractivity contribution in [2.45, 2.75) is 46.5 Å². The number of hydrogen-bond donors (Lipinski definition) is 0. The predicted molar refractivity (Wildman–Crippen MR) is 71.4 cm³/mol. The molecule has 0 saturated heterocycles.